The molecule has 0 radical (unpaired) electrons. The van der Waals surface area contributed by atoms with Crippen molar-refractivity contribution in [2.75, 3.05) is 13.1 Å². The van der Waals surface area contributed by atoms with Crippen LogP contribution in [0, 0.1) is 0 Å². The minimum Gasteiger partial charge on any atom is -0.350 e. The van der Waals surface area contributed by atoms with Gasteiger partial charge in [0.1, 0.15) is 0 Å². The fourth-order valence-corrected chi connectivity index (χ4v) is 6.63. The second kappa shape index (κ2) is 9.51. The number of ketones is 1. The van der Waals surface area contributed by atoms with Gasteiger partial charge in [-0.1, -0.05) is 54.6 Å². The summed E-state index contributed by atoms with van der Waals surface area (Å²) >= 11 is 0. The first-order valence-corrected chi connectivity index (χ1v) is 13.8. The summed E-state index contributed by atoms with van der Waals surface area (Å²) < 4.78 is 4.77. The van der Waals surface area contributed by atoms with Crippen LogP contribution in [0.4, 0.5) is 0 Å². The first kappa shape index (κ1) is 23.9. The second-order valence-corrected chi connectivity index (χ2v) is 10.8. The highest BCUT2D eigenvalue weighted by Crippen LogP contribution is 2.43. The Bertz CT molecular complexity index is 1840. The van der Waals surface area contributed by atoms with Crippen molar-refractivity contribution in [3.8, 4) is 11.1 Å². The third-order valence-electron chi connectivity index (χ3n) is 8.45. The Balaban J connectivity index is 1.41. The minimum absolute atomic E-state index is 0.109. The SMILES string of the molecule is CC(=O)c1ccc(-c2cn(C)c3ccccc23)c2c1c1ccccc1n2C1CCN(Cc2ccccn2)CC1. The fraction of sp³-hybridized carbons (Fsp3) is 0.235. The normalized spacial score (nSPS) is 15.0. The lowest BCUT2D eigenvalue weighted by molar-refractivity contribution is 0.101. The Kier molecular flexibility index (Phi) is 5.82. The van der Waals surface area contributed by atoms with E-state index in [-0.39, 0.29) is 5.78 Å². The number of hydrogen-bond donors (Lipinski definition) is 0. The zero-order valence-electron chi connectivity index (χ0n) is 22.5. The summed E-state index contributed by atoms with van der Waals surface area (Å²) in [5.74, 6) is 0.109. The van der Waals surface area contributed by atoms with E-state index in [0.29, 0.717) is 6.04 Å². The summed E-state index contributed by atoms with van der Waals surface area (Å²) in [5.41, 5.74) is 7.94. The van der Waals surface area contributed by atoms with E-state index in [4.69, 9.17) is 0 Å². The molecule has 1 saturated heterocycles. The third-order valence-corrected chi connectivity index (χ3v) is 8.45. The molecular formula is C34H32N4O. The number of aromatic nitrogens is 3. The second-order valence-electron chi connectivity index (χ2n) is 10.8. The van der Waals surface area contributed by atoms with Crippen LogP contribution in [-0.2, 0) is 13.6 Å². The van der Waals surface area contributed by atoms with Gasteiger partial charge in [-0.15, -0.1) is 0 Å². The van der Waals surface area contributed by atoms with E-state index >= 15 is 0 Å². The molecule has 194 valence electrons. The van der Waals surface area contributed by atoms with Crippen LogP contribution < -0.4 is 0 Å². The van der Waals surface area contributed by atoms with E-state index in [1.54, 1.807) is 6.92 Å². The van der Waals surface area contributed by atoms with Crippen molar-refractivity contribution in [2.45, 2.75) is 32.4 Å². The number of carbonyl (C=O) groups is 1. The van der Waals surface area contributed by atoms with Crippen LogP contribution in [0.25, 0.3) is 43.8 Å². The van der Waals surface area contributed by atoms with Crippen LogP contribution in [-0.4, -0.2) is 37.9 Å². The predicted molar refractivity (Wildman–Crippen MR) is 159 cm³/mol. The predicted octanol–water partition coefficient (Wildman–Crippen LogP) is 7.39. The molecule has 0 aliphatic carbocycles. The van der Waals surface area contributed by atoms with Gasteiger partial charge in [-0.2, -0.15) is 0 Å². The van der Waals surface area contributed by atoms with Crippen molar-refractivity contribution < 1.29 is 4.79 Å². The first-order valence-electron chi connectivity index (χ1n) is 13.8. The Morgan fingerprint density at radius 1 is 0.846 bits per heavy atom. The number of piperidine rings is 1. The number of hydrogen-bond acceptors (Lipinski definition) is 3. The van der Waals surface area contributed by atoms with Crippen LogP contribution >= 0.6 is 0 Å². The largest absolute Gasteiger partial charge is 0.350 e. The molecule has 5 nitrogen and oxygen atoms in total. The van der Waals surface area contributed by atoms with E-state index < -0.39 is 0 Å². The molecule has 3 aromatic carbocycles. The molecule has 0 amide bonds. The lowest BCUT2D eigenvalue weighted by Gasteiger charge is -2.33. The molecule has 4 heterocycles. The highest BCUT2D eigenvalue weighted by Gasteiger charge is 2.27. The van der Waals surface area contributed by atoms with Gasteiger partial charge in [0.2, 0.25) is 0 Å². The maximum atomic E-state index is 12.9. The Hall–Kier alpha value is -4.22. The average Bonchev–Trinajstić information content (AvgIpc) is 3.49. The van der Waals surface area contributed by atoms with Crippen molar-refractivity contribution in [3.05, 3.63) is 103 Å². The number of likely N-dealkylation sites (tertiary alicyclic amines) is 1. The standard InChI is InChI=1S/C34H32N4O/c1-23(39)26-14-15-28(30-22-36(2)31-12-5-3-10-27(30)31)34-33(26)29-11-4-6-13-32(29)38(34)25-16-19-37(20-17-25)21-24-9-7-8-18-35-24/h3-15,18,22,25H,16-17,19-21H2,1-2H3. The Morgan fingerprint density at radius 3 is 2.31 bits per heavy atom. The van der Waals surface area contributed by atoms with Gasteiger partial charge >= 0.3 is 0 Å². The molecule has 0 unspecified atom stereocenters. The van der Waals surface area contributed by atoms with Crippen LogP contribution in [0.3, 0.4) is 0 Å². The van der Waals surface area contributed by atoms with Crippen LogP contribution in [0.5, 0.6) is 0 Å². The number of nitrogens with zero attached hydrogens (tertiary/aromatic N) is 4. The first-order chi connectivity index (χ1) is 19.1. The van der Waals surface area contributed by atoms with Crippen molar-refractivity contribution >= 4 is 38.5 Å². The number of pyridine rings is 1. The van der Waals surface area contributed by atoms with E-state index in [1.807, 2.05) is 18.3 Å². The molecule has 1 fully saturated rings. The molecule has 5 heteroatoms. The zero-order chi connectivity index (χ0) is 26.5. The van der Waals surface area contributed by atoms with E-state index in [9.17, 15) is 4.79 Å². The molecule has 3 aromatic heterocycles. The highest BCUT2D eigenvalue weighted by molar-refractivity contribution is 6.22. The quantitative estimate of drug-likeness (QED) is 0.226. The maximum absolute atomic E-state index is 12.9. The Morgan fingerprint density at radius 2 is 1.56 bits per heavy atom. The lowest BCUT2D eigenvalue weighted by Crippen LogP contribution is -2.34. The number of carbonyl (C=O) groups excluding carboxylic acids is 1. The van der Waals surface area contributed by atoms with Crippen LogP contribution in [0.1, 0.15) is 41.9 Å². The molecule has 0 spiro atoms. The van der Waals surface area contributed by atoms with E-state index in [0.717, 1.165) is 54.5 Å². The zero-order valence-corrected chi connectivity index (χ0v) is 22.5. The van der Waals surface area contributed by atoms with Gasteiger partial charge < -0.3 is 9.13 Å². The monoisotopic (exact) mass is 512 g/mol. The van der Waals surface area contributed by atoms with E-state index in [2.05, 4.69) is 99.0 Å². The number of para-hydroxylation sites is 2. The number of fused-ring (bicyclic) bond motifs is 4. The van der Waals surface area contributed by atoms with E-state index in [1.165, 1.54) is 33.1 Å². The van der Waals surface area contributed by atoms with Crippen LogP contribution in [0.15, 0.2) is 91.3 Å². The molecule has 0 N–H and O–H groups in total. The number of benzene rings is 3. The lowest BCUT2D eigenvalue weighted by atomic mass is 9.96. The summed E-state index contributed by atoms with van der Waals surface area (Å²) in [6, 6.07) is 27.9. The number of aryl methyl sites for hydroxylation is 1. The summed E-state index contributed by atoms with van der Waals surface area (Å²) in [4.78, 5) is 20.0. The molecule has 1 aliphatic heterocycles. The fourth-order valence-electron chi connectivity index (χ4n) is 6.63. The summed E-state index contributed by atoms with van der Waals surface area (Å²) in [6.45, 7) is 4.61. The van der Waals surface area contributed by atoms with Gasteiger partial charge in [0.25, 0.3) is 0 Å². The van der Waals surface area contributed by atoms with Gasteiger partial charge in [-0.05, 0) is 44.0 Å². The van der Waals surface area contributed by atoms with Crippen molar-refractivity contribution in [3.63, 3.8) is 0 Å². The summed E-state index contributed by atoms with van der Waals surface area (Å²) in [7, 11) is 2.11. The Labute approximate surface area is 228 Å². The molecule has 0 saturated carbocycles. The van der Waals surface area contributed by atoms with Gasteiger partial charge in [0.15, 0.2) is 5.78 Å². The summed E-state index contributed by atoms with van der Waals surface area (Å²) in [6.07, 6.45) is 6.23. The summed E-state index contributed by atoms with van der Waals surface area (Å²) in [5, 5.41) is 3.48. The van der Waals surface area contributed by atoms with Gasteiger partial charge in [0.05, 0.1) is 11.2 Å². The van der Waals surface area contributed by atoms with Gasteiger partial charge in [-0.3, -0.25) is 14.7 Å². The van der Waals surface area contributed by atoms with Crippen molar-refractivity contribution in [1.82, 2.24) is 19.0 Å². The van der Waals surface area contributed by atoms with Crippen molar-refractivity contribution in [2.24, 2.45) is 7.05 Å². The molecule has 1 aliphatic rings. The molecule has 6 aromatic rings. The number of rotatable bonds is 5. The number of Topliss-reactive ketones (excluding diaryl/α,β-unsaturated/α-hetero) is 1. The van der Waals surface area contributed by atoms with Gasteiger partial charge in [-0.25, -0.2) is 0 Å². The molecule has 0 bridgehead atoms. The van der Waals surface area contributed by atoms with Crippen LogP contribution in [0.2, 0.25) is 0 Å². The average molecular weight is 513 g/mol. The van der Waals surface area contributed by atoms with Gasteiger partial charge in [0, 0.05) is 89.0 Å². The smallest absolute Gasteiger partial charge is 0.160 e. The minimum atomic E-state index is 0.109. The molecular weight excluding hydrogens is 480 g/mol. The molecule has 39 heavy (non-hydrogen) atoms. The topological polar surface area (TPSA) is 43.1 Å². The molecule has 0 atom stereocenters. The maximum Gasteiger partial charge on any atom is 0.160 e. The van der Waals surface area contributed by atoms with Crippen molar-refractivity contribution in [1.29, 1.82) is 0 Å². The highest BCUT2D eigenvalue weighted by atomic mass is 16.1. The molecule has 7 rings (SSSR count). The third kappa shape index (κ3) is 3.96.